The molecular formula is C12H16ClNO. The molecule has 1 aliphatic heterocycles. The molecule has 1 unspecified atom stereocenters. The molecule has 0 saturated carbocycles. The summed E-state index contributed by atoms with van der Waals surface area (Å²) in [7, 11) is 0. The molecule has 0 bridgehead atoms. The van der Waals surface area contributed by atoms with Crippen molar-refractivity contribution in [2.45, 2.75) is 25.3 Å². The predicted octanol–water partition coefficient (Wildman–Crippen LogP) is 2.86. The van der Waals surface area contributed by atoms with Crippen LogP contribution in [0.15, 0.2) is 24.3 Å². The Kier molecular flexibility index (Phi) is 3.87. The first-order chi connectivity index (χ1) is 7.36. The highest BCUT2D eigenvalue weighted by Gasteiger charge is 2.13. The second-order valence-electron chi connectivity index (χ2n) is 3.89. The molecule has 2 rings (SSSR count). The molecule has 1 aromatic rings. The number of benzene rings is 1. The molecule has 1 aliphatic rings. The minimum Gasteiger partial charge on any atom is -0.490 e. The van der Waals surface area contributed by atoms with Gasteiger partial charge in [-0.15, -0.1) is 0 Å². The van der Waals surface area contributed by atoms with Gasteiger partial charge in [-0.2, -0.15) is 0 Å². The summed E-state index contributed by atoms with van der Waals surface area (Å²) in [4.78, 5) is 0. The minimum atomic E-state index is 0.482. The highest BCUT2D eigenvalue weighted by molar-refractivity contribution is 6.32. The number of nitrogens with one attached hydrogen (secondary N) is 1. The van der Waals surface area contributed by atoms with Gasteiger partial charge in [-0.1, -0.05) is 30.2 Å². The molecule has 0 aromatic heterocycles. The highest BCUT2D eigenvalue weighted by atomic mass is 35.5. The maximum absolute atomic E-state index is 6.00. The summed E-state index contributed by atoms with van der Waals surface area (Å²) in [6.07, 6.45) is 3.77. The van der Waals surface area contributed by atoms with Gasteiger partial charge in [0.1, 0.15) is 12.4 Å². The Balaban J connectivity index is 1.84. The summed E-state index contributed by atoms with van der Waals surface area (Å²) in [5, 5.41) is 4.13. The number of hydrogen-bond acceptors (Lipinski definition) is 2. The average molecular weight is 226 g/mol. The number of ether oxygens (including phenoxy) is 1. The van der Waals surface area contributed by atoms with Gasteiger partial charge < -0.3 is 10.1 Å². The summed E-state index contributed by atoms with van der Waals surface area (Å²) < 4.78 is 5.68. The van der Waals surface area contributed by atoms with Crippen molar-refractivity contribution in [1.82, 2.24) is 5.32 Å². The van der Waals surface area contributed by atoms with Crippen molar-refractivity contribution in [2.75, 3.05) is 13.2 Å². The van der Waals surface area contributed by atoms with E-state index < -0.39 is 0 Å². The fraction of sp³-hybridized carbons (Fsp3) is 0.500. The fourth-order valence-corrected chi connectivity index (χ4v) is 2.01. The van der Waals surface area contributed by atoms with E-state index in [0.717, 1.165) is 12.3 Å². The van der Waals surface area contributed by atoms with Crippen LogP contribution >= 0.6 is 11.6 Å². The topological polar surface area (TPSA) is 21.3 Å². The van der Waals surface area contributed by atoms with Crippen LogP contribution in [-0.2, 0) is 0 Å². The van der Waals surface area contributed by atoms with Gasteiger partial charge in [0.2, 0.25) is 0 Å². The molecule has 0 radical (unpaired) electrons. The number of halogens is 1. The summed E-state index contributed by atoms with van der Waals surface area (Å²) in [5.41, 5.74) is 0. The minimum absolute atomic E-state index is 0.482. The Hall–Kier alpha value is -0.730. The van der Waals surface area contributed by atoms with Crippen LogP contribution in [0.25, 0.3) is 0 Å². The molecule has 1 saturated heterocycles. The lowest BCUT2D eigenvalue weighted by atomic mass is 10.1. The van der Waals surface area contributed by atoms with Gasteiger partial charge in [0.05, 0.1) is 5.02 Å². The third kappa shape index (κ3) is 3.11. The smallest absolute Gasteiger partial charge is 0.137 e. The molecule has 1 heterocycles. The molecule has 15 heavy (non-hydrogen) atoms. The van der Waals surface area contributed by atoms with Gasteiger partial charge in [-0.3, -0.25) is 0 Å². The largest absolute Gasteiger partial charge is 0.490 e. The molecule has 0 amide bonds. The summed E-state index contributed by atoms with van der Waals surface area (Å²) >= 11 is 6.00. The Morgan fingerprint density at radius 1 is 1.33 bits per heavy atom. The van der Waals surface area contributed by atoms with Crippen LogP contribution in [0.5, 0.6) is 5.75 Å². The van der Waals surface area contributed by atoms with E-state index >= 15 is 0 Å². The molecular weight excluding hydrogens is 210 g/mol. The monoisotopic (exact) mass is 225 g/mol. The molecule has 1 fully saturated rings. The van der Waals surface area contributed by atoms with Gasteiger partial charge in [0.25, 0.3) is 0 Å². The van der Waals surface area contributed by atoms with Gasteiger partial charge >= 0.3 is 0 Å². The standard InChI is InChI=1S/C12H16ClNO/c13-11-6-1-2-7-12(11)15-9-10-5-3-4-8-14-10/h1-2,6-7,10,14H,3-5,8-9H2. The number of hydrogen-bond donors (Lipinski definition) is 1. The van der Waals surface area contributed by atoms with Crippen LogP contribution < -0.4 is 10.1 Å². The Morgan fingerprint density at radius 3 is 2.93 bits per heavy atom. The lowest BCUT2D eigenvalue weighted by molar-refractivity contribution is 0.239. The summed E-state index contributed by atoms with van der Waals surface area (Å²) in [5.74, 6) is 0.784. The van der Waals surface area contributed by atoms with Crippen LogP contribution in [0.2, 0.25) is 5.02 Å². The first-order valence-electron chi connectivity index (χ1n) is 5.47. The zero-order chi connectivity index (χ0) is 10.5. The number of piperidine rings is 1. The number of para-hydroxylation sites is 1. The molecule has 0 spiro atoms. The van der Waals surface area contributed by atoms with Crippen LogP contribution in [0.3, 0.4) is 0 Å². The van der Waals surface area contributed by atoms with Crippen molar-refractivity contribution < 1.29 is 4.74 Å². The van der Waals surface area contributed by atoms with Crippen molar-refractivity contribution in [3.8, 4) is 5.75 Å². The van der Waals surface area contributed by atoms with Gasteiger partial charge in [0.15, 0.2) is 0 Å². The quantitative estimate of drug-likeness (QED) is 0.854. The maximum Gasteiger partial charge on any atom is 0.137 e. The van der Waals surface area contributed by atoms with Crippen molar-refractivity contribution in [3.05, 3.63) is 29.3 Å². The normalized spacial score (nSPS) is 21.3. The third-order valence-electron chi connectivity index (χ3n) is 2.69. The van der Waals surface area contributed by atoms with Gasteiger partial charge in [-0.05, 0) is 31.5 Å². The lowest BCUT2D eigenvalue weighted by Gasteiger charge is -2.23. The van der Waals surface area contributed by atoms with Crippen LogP contribution in [0, 0.1) is 0 Å². The first kappa shape index (κ1) is 10.8. The first-order valence-corrected chi connectivity index (χ1v) is 5.85. The van der Waals surface area contributed by atoms with Crippen LogP contribution in [0.1, 0.15) is 19.3 Å². The molecule has 1 atom stereocenters. The zero-order valence-electron chi connectivity index (χ0n) is 8.71. The van der Waals surface area contributed by atoms with E-state index in [0.29, 0.717) is 17.7 Å². The number of rotatable bonds is 3. The molecule has 82 valence electrons. The van der Waals surface area contributed by atoms with Crippen molar-refractivity contribution in [2.24, 2.45) is 0 Å². The Labute approximate surface area is 95.6 Å². The predicted molar refractivity (Wildman–Crippen MR) is 62.6 cm³/mol. The van der Waals surface area contributed by atoms with E-state index in [-0.39, 0.29) is 0 Å². The maximum atomic E-state index is 6.00. The van der Waals surface area contributed by atoms with E-state index in [2.05, 4.69) is 5.32 Å². The summed E-state index contributed by atoms with van der Waals surface area (Å²) in [6, 6.07) is 8.09. The SMILES string of the molecule is Clc1ccccc1OCC1CCCCN1. The van der Waals surface area contributed by atoms with Crippen LogP contribution in [0.4, 0.5) is 0 Å². The Morgan fingerprint density at radius 2 is 2.20 bits per heavy atom. The zero-order valence-corrected chi connectivity index (χ0v) is 9.46. The van der Waals surface area contributed by atoms with Crippen molar-refractivity contribution in [3.63, 3.8) is 0 Å². The second kappa shape index (κ2) is 5.38. The lowest BCUT2D eigenvalue weighted by Crippen LogP contribution is -2.38. The van der Waals surface area contributed by atoms with Crippen LogP contribution in [-0.4, -0.2) is 19.2 Å². The van der Waals surface area contributed by atoms with Gasteiger partial charge in [-0.25, -0.2) is 0 Å². The van der Waals surface area contributed by atoms with E-state index in [1.807, 2.05) is 24.3 Å². The third-order valence-corrected chi connectivity index (χ3v) is 3.00. The molecule has 1 N–H and O–H groups in total. The fourth-order valence-electron chi connectivity index (χ4n) is 1.82. The highest BCUT2D eigenvalue weighted by Crippen LogP contribution is 2.23. The molecule has 3 heteroatoms. The average Bonchev–Trinajstić information content (AvgIpc) is 2.29. The van der Waals surface area contributed by atoms with Crippen molar-refractivity contribution in [1.29, 1.82) is 0 Å². The Bertz CT molecular complexity index is 310. The summed E-state index contributed by atoms with van der Waals surface area (Å²) in [6.45, 7) is 1.82. The second-order valence-corrected chi connectivity index (χ2v) is 4.30. The van der Waals surface area contributed by atoms with E-state index in [9.17, 15) is 0 Å². The molecule has 1 aromatic carbocycles. The van der Waals surface area contributed by atoms with E-state index in [1.54, 1.807) is 0 Å². The molecule has 2 nitrogen and oxygen atoms in total. The van der Waals surface area contributed by atoms with Gasteiger partial charge in [0, 0.05) is 6.04 Å². The van der Waals surface area contributed by atoms with Crippen molar-refractivity contribution >= 4 is 11.6 Å². The van der Waals surface area contributed by atoms with E-state index in [1.165, 1.54) is 19.3 Å². The van der Waals surface area contributed by atoms with E-state index in [4.69, 9.17) is 16.3 Å². The molecule has 0 aliphatic carbocycles.